The number of carbonyl (C=O) groups excluding carboxylic acids is 1. The van der Waals surface area contributed by atoms with Crippen LogP contribution in [0.4, 0.5) is 11.6 Å². The predicted octanol–water partition coefficient (Wildman–Crippen LogP) is 1.84. The molecule has 0 aliphatic heterocycles. The molecule has 1 amide bonds. The van der Waals surface area contributed by atoms with E-state index in [4.69, 9.17) is 0 Å². The molecule has 6 nitrogen and oxygen atoms in total. The quantitative estimate of drug-likeness (QED) is 0.831. The zero-order chi connectivity index (χ0) is 15.3. The molecule has 0 aliphatic rings. The Bertz CT molecular complexity index is 473. The molecule has 1 aromatic rings. The van der Waals surface area contributed by atoms with Crippen molar-refractivity contribution in [3.63, 3.8) is 0 Å². The average molecular weight is 279 g/mol. The van der Waals surface area contributed by atoms with Crippen molar-refractivity contribution >= 4 is 17.5 Å². The summed E-state index contributed by atoms with van der Waals surface area (Å²) in [4.78, 5) is 22.5. The summed E-state index contributed by atoms with van der Waals surface area (Å²) in [5.41, 5.74) is 0.920. The van der Waals surface area contributed by atoms with E-state index in [2.05, 4.69) is 20.6 Å². The van der Waals surface area contributed by atoms with Gasteiger partial charge in [-0.15, -0.1) is 0 Å². The van der Waals surface area contributed by atoms with Crippen LogP contribution in [0.15, 0.2) is 0 Å². The van der Waals surface area contributed by atoms with E-state index in [-0.39, 0.29) is 18.4 Å². The van der Waals surface area contributed by atoms with Crippen molar-refractivity contribution in [3.8, 4) is 0 Å². The molecule has 0 bridgehead atoms. The molecular formula is C14H25N5O. The van der Waals surface area contributed by atoms with Crippen molar-refractivity contribution in [2.75, 3.05) is 37.8 Å². The fourth-order valence-corrected chi connectivity index (χ4v) is 1.68. The third kappa shape index (κ3) is 3.82. The molecular weight excluding hydrogens is 254 g/mol. The Labute approximate surface area is 121 Å². The van der Waals surface area contributed by atoms with Crippen LogP contribution >= 0.6 is 0 Å². The highest BCUT2D eigenvalue weighted by Crippen LogP contribution is 2.22. The SMILES string of the molecule is CCN(C)C(=O)CNc1nc(C(C)C)nc(NC)c1C. The van der Waals surface area contributed by atoms with Crippen molar-refractivity contribution in [3.05, 3.63) is 11.4 Å². The first-order valence-corrected chi connectivity index (χ1v) is 6.94. The van der Waals surface area contributed by atoms with Crippen LogP contribution in [0.1, 0.15) is 38.1 Å². The van der Waals surface area contributed by atoms with Gasteiger partial charge in [-0.05, 0) is 13.8 Å². The fraction of sp³-hybridized carbons (Fsp3) is 0.643. The summed E-state index contributed by atoms with van der Waals surface area (Å²) in [6.45, 7) is 8.91. The van der Waals surface area contributed by atoms with Gasteiger partial charge in [0.05, 0.1) is 6.54 Å². The van der Waals surface area contributed by atoms with Crippen LogP contribution in [-0.4, -0.2) is 48.0 Å². The first kappa shape index (κ1) is 16.2. The fourth-order valence-electron chi connectivity index (χ4n) is 1.68. The number of carbonyl (C=O) groups is 1. The molecule has 0 aromatic carbocycles. The summed E-state index contributed by atoms with van der Waals surface area (Å²) in [6.07, 6.45) is 0. The normalized spacial score (nSPS) is 10.6. The van der Waals surface area contributed by atoms with Gasteiger partial charge < -0.3 is 15.5 Å². The molecule has 112 valence electrons. The minimum atomic E-state index is 0.0441. The van der Waals surface area contributed by atoms with Gasteiger partial charge in [0.25, 0.3) is 0 Å². The van der Waals surface area contributed by atoms with Crippen LogP contribution in [0.25, 0.3) is 0 Å². The van der Waals surface area contributed by atoms with Crippen LogP contribution in [0.2, 0.25) is 0 Å². The molecule has 0 aliphatic carbocycles. The Balaban J connectivity index is 2.93. The third-order valence-corrected chi connectivity index (χ3v) is 3.22. The van der Waals surface area contributed by atoms with Gasteiger partial charge in [0.1, 0.15) is 17.5 Å². The van der Waals surface area contributed by atoms with Gasteiger partial charge in [-0.25, -0.2) is 9.97 Å². The largest absolute Gasteiger partial charge is 0.373 e. The highest BCUT2D eigenvalue weighted by Gasteiger charge is 2.14. The maximum Gasteiger partial charge on any atom is 0.241 e. The monoisotopic (exact) mass is 279 g/mol. The molecule has 0 fully saturated rings. The lowest BCUT2D eigenvalue weighted by molar-refractivity contribution is -0.127. The highest BCUT2D eigenvalue weighted by molar-refractivity contribution is 5.80. The highest BCUT2D eigenvalue weighted by atomic mass is 16.2. The van der Waals surface area contributed by atoms with Crippen LogP contribution in [0.5, 0.6) is 0 Å². The molecule has 2 N–H and O–H groups in total. The minimum Gasteiger partial charge on any atom is -0.373 e. The second-order valence-electron chi connectivity index (χ2n) is 5.07. The van der Waals surface area contributed by atoms with Gasteiger partial charge in [-0.2, -0.15) is 0 Å². The first-order valence-electron chi connectivity index (χ1n) is 6.94. The summed E-state index contributed by atoms with van der Waals surface area (Å²) < 4.78 is 0. The second-order valence-corrected chi connectivity index (χ2v) is 5.07. The number of hydrogen-bond donors (Lipinski definition) is 2. The molecule has 0 spiro atoms. The zero-order valence-corrected chi connectivity index (χ0v) is 13.2. The lowest BCUT2D eigenvalue weighted by Crippen LogP contribution is -2.32. The molecule has 1 aromatic heterocycles. The van der Waals surface area contributed by atoms with E-state index in [0.717, 1.165) is 17.2 Å². The smallest absolute Gasteiger partial charge is 0.241 e. The van der Waals surface area contributed by atoms with Crippen molar-refractivity contribution in [2.24, 2.45) is 0 Å². The van der Waals surface area contributed by atoms with Crippen molar-refractivity contribution < 1.29 is 4.79 Å². The van der Waals surface area contributed by atoms with Crippen LogP contribution in [0, 0.1) is 6.92 Å². The van der Waals surface area contributed by atoms with Gasteiger partial charge in [-0.3, -0.25) is 4.79 Å². The number of likely N-dealkylation sites (N-methyl/N-ethyl adjacent to an activating group) is 1. The summed E-state index contributed by atoms with van der Waals surface area (Å²) >= 11 is 0. The Kier molecular flexibility index (Phi) is 5.73. The molecule has 1 rings (SSSR count). The van der Waals surface area contributed by atoms with E-state index in [1.807, 2.05) is 34.7 Å². The number of aromatic nitrogens is 2. The van der Waals surface area contributed by atoms with Gasteiger partial charge in [0.15, 0.2) is 0 Å². The van der Waals surface area contributed by atoms with Gasteiger partial charge in [0, 0.05) is 32.1 Å². The Morgan fingerprint density at radius 1 is 1.30 bits per heavy atom. The number of hydrogen-bond acceptors (Lipinski definition) is 5. The Morgan fingerprint density at radius 3 is 2.40 bits per heavy atom. The lowest BCUT2D eigenvalue weighted by Gasteiger charge is -2.17. The van der Waals surface area contributed by atoms with E-state index in [1.54, 1.807) is 11.9 Å². The number of amides is 1. The van der Waals surface area contributed by atoms with E-state index < -0.39 is 0 Å². The summed E-state index contributed by atoms with van der Waals surface area (Å²) in [6, 6.07) is 0. The summed E-state index contributed by atoms with van der Waals surface area (Å²) in [7, 11) is 3.62. The maximum atomic E-state index is 11.8. The second kappa shape index (κ2) is 7.07. The number of nitrogens with zero attached hydrogens (tertiary/aromatic N) is 3. The average Bonchev–Trinajstić information content (AvgIpc) is 2.44. The Hall–Kier alpha value is -1.85. The van der Waals surface area contributed by atoms with Crippen molar-refractivity contribution in [1.82, 2.24) is 14.9 Å². The molecule has 0 atom stereocenters. The van der Waals surface area contributed by atoms with Gasteiger partial charge in [0.2, 0.25) is 5.91 Å². The third-order valence-electron chi connectivity index (χ3n) is 3.22. The van der Waals surface area contributed by atoms with Gasteiger partial charge >= 0.3 is 0 Å². The van der Waals surface area contributed by atoms with Crippen LogP contribution < -0.4 is 10.6 Å². The molecule has 6 heteroatoms. The summed E-state index contributed by atoms with van der Waals surface area (Å²) in [5, 5.41) is 6.18. The van der Waals surface area contributed by atoms with Crippen LogP contribution in [-0.2, 0) is 4.79 Å². The molecule has 20 heavy (non-hydrogen) atoms. The van der Waals surface area contributed by atoms with Gasteiger partial charge in [-0.1, -0.05) is 13.8 Å². The summed E-state index contributed by atoms with van der Waals surface area (Å²) in [5.74, 6) is 2.55. The number of rotatable bonds is 6. The van der Waals surface area contributed by atoms with E-state index in [9.17, 15) is 4.79 Å². The standard InChI is InChI=1S/C14H25N5O/c1-7-19(6)11(20)8-16-14-10(4)13(15-5)17-12(18-14)9(2)3/h9H,7-8H2,1-6H3,(H2,15,16,17,18). The van der Waals surface area contributed by atoms with E-state index in [0.29, 0.717) is 12.4 Å². The molecule has 0 radical (unpaired) electrons. The number of nitrogens with one attached hydrogen (secondary N) is 2. The van der Waals surface area contributed by atoms with Crippen molar-refractivity contribution in [1.29, 1.82) is 0 Å². The molecule has 1 heterocycles. The maximum absolute atomic E-state index is 11.8. The topological polar surface area (TPSA) is 70.2 Å². The zero-order valence-electron chi connectivity index (χ0n) is 13.2. The van der Waals surface area contributed by atoms with Crippen LogP contribution in [0.3, 0.4) is 0 Å². The minimum absolute atomic E-state index is 0.0441. The lowest BCUT2D eigenvalue weighted by atomic mass is 10.2. The predicted molar refractivity (Wildman–Crippen MR) is 82.2 cm³/mol. The Morgan fingerprint density at radius 2 is 1.90 bits per heavy atom. The van der Waals surface area contributed by atoms with Crippen molar-refractivity contribution in [2.45, 2.75) is 33.6 Å². The van der Waals surface area contributed by atoms with E-state index in [1.165, 1.54) is 0 Å². The number of anilines is 2. The molecule has 0 saturated carbocycles. The molecule has 0 unspecified atom stereocenters. The van der Waals surface area contributed by atoms with E-state index >= 15 is 0 Å². The first-order chi connectivity index (χ1) is 9.40. The molecule has 0 saturated heterocycles.